The van der Waals surface area contributed by atoms with Crippen molar-refractivity contribution in [3.05, 3.63) is 47.3 Å². The lowest BCUT2D eigenvalue weighted by Crippen LogP contribution is -2.30. The summed E-state index contributed by atoms with van der Waals surface area (Å²) in [5, 5.41) is 23.2. The molecule has 0 spiro atoms. The number of aryl methyl sites for hydroxylation is 2. The van der Waals surface area contributed by atoms with Crippen LogP contribution < -0.4 is 4.74 Å². The molecule has 2 heterocycles. The van der Waals surface area contributed by atoms with E-state index in [1.807, 2.05) is 33.8 Å². The number of hydrogen-bond donors (Lipinski definition) is 2. The van der Waals surface area contributed by atoms with Gasteiger partial charge in [0, 0.05) is 19.5 Å². The number of ether oxygens (including phenoxy) is 1. The van der Waals surface area contributed by atoms with Crippen LogP contribution in [0, 0.1) is 0 Å². The summed E-state index contributed by atoms with van der Waals surface area (Å²) in [4.78, 5) is 14.5. The summed E-state index contributed by atoms with van der Waals surface area (Å²) >= 11 is 0. The molecule has 1 aliphatic rings. The Morgan fingerprint density at radius 1 is 1.31 bits per heavy atom. The second-order valence-corrected chi connectivity index (χ2v) is 6.50. The predicted molar refractivity (Wildman–Crippen MR) is 95.6 cm³/mol. The molecule has 1 aromatic heterocycles. The number of amides is 1. The smallest absolute Gasteiger partial charge is 0.223 e. The van der Waals surface area contributed by atoms with Crippen LogP contribution in [0.3, 0.4) is 0 Å². The van der Waals surface area contributed by atoms with Crippen molar-refractivity contribution in [2.45, 2.75) is 38.5 Å². The minimum atomic E-state index is -0.978. The fourth-order valence-electron chi connectivity index (χ4n) is 3.16. The largest absolute Gasteiger partial charge is 0.497 e. The highest BCUT2D eigenvalue weighted by molar-refractivity contribution is 5.76. The van der Waals surface area contributed by atoms with Gasteiger partial charge < -0.3 is 19.8 Å². The summed E-state index contributed by atoms with van der Waals surface area (Å²) in [6.45, 7) is 1.52. The van der Waals surface area contributed by atoms with Crippen molar-refractivity contribution >= 4 is 5.91 Å². The zero-order valence-electron chi connectivity index (χ0n) is 15.0. The van der Waals surface area contributed by atoms with Gasteiger partial charge in [0.15, 0.2) is 0 Å². The molecule has 7 nitrogen and oxygen atoms in total. The van der Waals surface area contributed by atoms with Crippen molar-refractivity contribution in [3.63, 3.8) is 0 Å². The zero-order valence-corrected chi connectivity index (χ0v) is 15.0. The number of aliphatic hydroxyl groups is 2. The van der Waals surface area contributed by atoms with Crippen molar-refractivity contribution in [2.75, 3.05) is 20.3 Å². The van der Waals surface area contributed by atoms with Crippen LogP contribution in [0.15, 0.2) is 30.3 Å². The third-order valence-electron chi connectivity index (χ3n) is 4.69. The molecule has 1 atom stereocenters. The van der Waals surface area contributed by atoms with Gasteiger partial charge in [-0.15, -0.1) is 0 Å². The van der Waals surface area contributed by atoms with Gasteiger partial charge in [-0.1, -0.05) is 12.1 Å². The lowest BCUT2D eigenvalue weighted by atomic mass is 10.1. The molecule has 7 heteroatoms. The van der Waals surface area contributed by atoms with Gasteiger partial charge in [0.25, 0.3) is 0 Å². The fraction of sp³-hybridized carbons (Fsp3) is 0.474. The maximum absolute atomic E-state index is 12.6. The first kappa shape index (κ1) is 18.4. The molecule has 140 valence electrons. The predicted octanol–water partition coefficient (Wildman–Crippen LogP) is 1.28. The van der Waals surface area contributed by atoms with Gasteiger partial charge in [-0.3, -0.25) is 9.48 Å². The number of benzene rings is 1. The Bertz CT molecular complexity index is 742. The van der Waals surface area contributed by atoms with Crippen LogP contribution >= 0.6 is 0 Å². The summed E-state index contributed by atoms with van der Waals surface area (Å²) < 4.78 is 6.97. The molecule has 0 bridgehead atoms. The zero-order chi connectivity index (χ0) is 18.5. The van der Waals surface area contributed by atoms with Crippen molar-refractivity contribution in [2.24, 2.45) is 0 Å². The molecular weight excluding hydrogens is 334 g/mol. The summed E-state index contributed by atoms with van der Waals surface area (Å²) in [5.74, 6) is 0.918. The maximum atomic E-state index is 12.6. The number of hydrogen-bond acceptors (Lipinski definition) is 5. The summed E-state index contributed by atoms with van der Waals surface area (Å²) in [6, 6.07) is 9.53. The molecule has 2 aromatic rings. The highest BCUT2D eigenvalue weighted by Crippen LogP contribution is 2.19. The standard InChI is InChI=1S/C19H25N3O4/c1-26-16-6-3-14(4-7-16)5-8-19(25)21-9-2-10-22-15(12-21)11-17(20-22)18(24)13-23/h3-4,6-7,11,18,23-24H,2,5,8-10,12-13H2,1H3/t18-/m1/s1. The van der Waals surface area contributed by atoms with E-state index in [4.69, 9.17) is 9.84 Å². The first-order valence-electron chi connectivity index (χ1n) is 8.87. The summed E-state index contributed by atoms with van der Waals surface area (Å²) in [6.07, 6.45) is 0.978. The third-order valence-corrected chi connectivity index (χ3v) is 4.69. The molecule has 0 unspecified atom stereocenters. The maximum Gasteiger partial charge on any atom is 0.223 e. The minimum absolute atomic E-state index is 0.111. The molecule has 3 rings (SSSR count). The second kappa shape index (κ2) is 8.33. The Morgan fingerprint density at radius 2 is 2.08 bits per heavy atom. The number of carbonyl (C=O) groups is 1. The highest BCUT2D eigenvalue weighted by Gasteiger charge is 2.22. The van der Waals surface area contributed by atoms with E-state index < -0.39 is 6.10 Å². The van der Waals surface area contributed by atoms with Gasteiger partial charge in [0.2, 0.25) is 5.91 Å². The normalized spacial score (nSPS) is 15.3. The van der Waals surface area contributed by atoms with Crippen LogP contribution in [0.1, 0.15) is 35.9 Å². The van der Waals surface area contributed by atoms with E-state index in [2.05, 4.69) is 5.10 Å². The lowest BCUT2D eigenvalue weighted by molar-refractivity contribution is -0.131. The number of nitrogens with zero attached hydrogens (tertiary/aromatic N) is 3. The first-order chi connectivity index (χ1) is 12.6. The average molecular weight is 359 g/mol. The molecule has 1 aliphatic heterocycles. The van der Waals surface area contributed by atoms with E-state index >= 15 is 0 Å². The Kier molecular flexibility index (Phi) is 5.90. The van der Waals surface area contributed by atoms with Gasteiger partial charge in [-0.05, 0) is 36.6 Å². The number of rotatable bonds is 6. The number of aromatic nitrogens is 2. The van der Waals surface area contributed by atoms with Gasteiger partial charge in [0.05, 0.1) is 31.6 Å². The molecule has 1 amide bonds. The van der Waals surface area contributed by atoms with Gasteiger partial charge in [0.1, 0.15) is 11.9 Å². The van der Waals surface area contributed by atoms with Gasteiger partial charge >= 0.3 is 0 Å². The average Bonchev–Trinajstić information content (AvgIpc) is 2.97. The molecule has 26 heavy (non-hydrogen) atoms. The van der Waals surface area contributed by atoms with Crippen molar-refractivity contribution in [3.8, 4) is 5.75 Å². The van der Waals surface area contributed by atoms with Crippen molar-refractivity contribution in [1.29, 1.82) is 0 Å². The molecule has 0 fully saturated rings. The highest BCUT2D eigenvalue weighted by atomic mass is 16.5. The van der Waals surface area contributed by atoms with Crippen LogP contribution in [-0.4, -0.2) is 51.1 Å². The minimum Gasteiger partial charge on any atom is -0.497 e. The molecule has 0 radical (unpaired) electrons. The molecule has 2 N–H and O–H groups in total. The van der Waals surface area contributed by atoms with Gasteiger partial charge in [-0.25, -0.2) is 0 Å². The van der Waals surface area contributed by atoms with Crippen LogP contribution in [-0.2, 0) is 24.3 Å². The fourth-order valence-corrected chi connectivity index (χ4v) is 3.16. The van der Waals surface area contributed by atoms with Crippen molar-refractivity contribution < 1.29 is 19.7 Å². The topological polar surface area (TPSA) is 87.8 Å². The van der Waals surface area contributed by atoms with Gasteiger partial charge in [-0.2, -0.15) is 5.10 Å². The molecular formula is C19H25N3O4. The third kappa shape index (κ3) is 4.23. The van der Waals surface area contributed by atoms with E-state index in [1.165, 1.54) is 0 Å². The first-order valence-corrected chi connectivity index (χ1v) is 8.87. The molecule has 1 aromatic carbocycles. The van der Waals surface area contributed by atoms with Crippen LogP contribution in [0.25, 0.3) is 0 Å². The van der Waals surface area contributed by atoms with Crippen LogP contribution in [0.2, 0.25) is 0 Å². The molecule has 0 aliphatic carbocycles. The quantitative estimate of drug-likeness (QED) is 0.811. The van der Waals surface area contributed by atoms with Crippen molar-refractivity contribution in [1.82, 2.24) is 14.7 Å². The molecule has 0 saturated carbocycles. The summed E-state index contributed by atoms with van der Waals surface area (Å²) in [5.41, 5.74) is 2.45. The molecule has 0 saturated heterocycles. The Labute approximate surface area is 152 Å². The number of fused-ring (bicyclic) bond motifs is 1. The monoisotopic (exact) mass is 359 g/mol. The van der Waals surface area contributed by atoms with E-state index in [0.29, 0.717) is 38.2 Å². The number of carbonyl (C=O) groups excluding carboxylic acids is 1. The Balaban J connectivity index is 1.61. The number of aliphatic hydroxyl groups excluding tert-OH is 2. The van der Waals surface area contributed by atoms with E-state index in [9.17, 15) is 9.90 Å². The van der Waals surface area contributed by atoms with E-state index in [1.54, 1.807) is 13.2 Å². The Morgan fingerprint density at radius 3 is 2.77 bits per heavy atom. The number of methoxy groups -OCH3 is 1. The second-order valence-electron chi connectivity index (χ2n) is 6.50. The van der Waals surface area contributed by atoms with Crippen LogP contribution in [0.5, 0.6) is 5.75 Å². The summed E-state index contributed by atoms with van der Waals surface area (Å²) in [7, 11) is 1.63. The lowest BCUT2D eigenvalue weighted by Gasteiger charge is -2.20. The van der Waals surface area contributed by atoms with E-state index in [0.717, 1.165) is 23.4 Å². The SMILES string of the molecule is COc1ccc(CCC(=O)N2CCCn3nc([C@H](O)CO)cc3C2)cc1. The van der Waals surface area contributed by atoms with Crippen LogP contribution in [0.4, 0.5) is 0 Å². The van der Waals surface area contributed by atoms with E-state index in [-0.39, 0.29) is 12.5 Å². The Hall–Kier alpha value is -2.38.